The number of hydrogen-bond donors (Lipinski definition) is 2. The molecule has 0 saturated heterocycles. The van der Waals surface area contributed by atoms with Gasteiger partial charge in [-0.15, -0.1) is 0 Å². The van der Waals surface area contributed by atoms with E-state index in [0.717, 1.165) is 4.68 Å². The minimum Gasteiger partial charge on any atom is -0.539 e. The average molecular weight is 386 g/mol. The van der Waals surface area contributed by atoms with Crippen molar-refractivity contribution in [2.24, 2.45) is 0 Å². The second-order valence-electron chi connectivity index (χ2n) is 6.06. The lowest BCUT2D eigenvalue weighted by Gasteiger charge is -2.18. The van der Waals surface area contributed by atoms with Crippen molar-refractivity contribution in [2.45, 2.75) is 12.0 Å². The number of aromatic nitrogens is 2. The van der Waals surface area contributed by atoms with Crippen LogP contribution in [0.1, 0.15) is 22.5 Å². The summed E-state index contributed by atoms with van der Waals surface area (Å²) < 4.78 is 5.61. The Morgan fingerprint density at radius 2 is 2.07 bits per heavy atom. The number of hydrogen-bond acceptors (Lipinski definition) is 6. The number of carbonyl (C=O) groups is 2. The van der Waals surface area contributed by atoms with Crippen molar-refractivity contribution in [3.8, 4) is 11.6 Å². The first kappa shape index (κ1) is 17.2. The van der Waals surface area contributed by atoms with Crippen LogP contribution in [0, 0.1) is 0 Å². The number of ketones is 1. The van der Waals surface area contributed by atoms with E-state index in [-0.39, 0.29) is 5.56 Å². The molecule has 2 aromatic carbocycles. The summed E-state index contributed by atoms with van der Waals surface area (Å²) in [7, 11) is 0. The van der Waals surface area contributed by atoms with Gasteiger partial charge < -0.3 is 20.1 Å². The number of halogens is 1. The fraction of sp³-hybridized carbons (Fsp3) is 0.111. The van der Waals surface area contributed by atoms with Crippen LogP contribution in [0.25, 0.3) is 5.69 Å². The number of nitrogens with zero attached hydrogens (tertiary/aromatic N) is 2. The molecule has 1 amide bonds. The SMILES string of the molecule is O=C(CC1(O)C(=O)Nc2ccccc21)c1c([O-])on[n+]1-c1cccc(Cl)c1. The molecule has 0 saturated carbocycles. The third-order valence-electron chi connectivity index (χ3n) is 4.34. The molecule has 0 radical (unpaired) electrons. The molecule has 0 bridgehead atoms. The molecule has 1 atom stereocenters. The molecule has 8 nitrogen and oxygen atoms in total. The summed E-state index contributed by atoms with van der Waals surface area (Å²) >= 11 is 5.94. The molecule has 27 heavy (non-hydrogen) atoms. The summed E-state index contributed by atoms with van der Waals surface area (Å²) in [6, 6.07) is 12.8. The number of fused-ring (bicyclic) bond motifs is 1. The molecule has 136 valence electrons. The summed E-state index contributed by atoms with van der Waals surface area (Å²) in [6.45, 7) is 0. The van der Waals surface area contributed by atoms with Crippen LogP contribution in [-0.4, -0.2) is 22.1 Å². The van der Waals surface area contributed by atoms with Crippen LogP contribution >= 0.6 is 11.6 Å². The molecule has 2 heterocycles. The van der Waals surface area contributed by atoms with E-state index >= 15 is 0 Å². The predicted octanol–water partition coefficient (Wildman–Crippen LogP) is 1.09. The van der Waals surface area contributed by atoms with E-state index in [1.165, 1.54) is 12.1 Å². The number of Topliss-reactive ketones (excluding diaryl/α,β-unsaturated/α-hetero) is 1. The van der Waals surface area contributed by atoms with Crippen LogP contribution in [0.2, 0.25) is 5.02 Å². The van der Waals surface area contributed by atoms with Gasteiger partial charge in [-0.05, 0) is 16.8 Å². The molecule has 0 aliphatic carbocycles. The molecule has 1 unspecified atom stereocenters. The zero-order chi connectivity index (χ0) is 19.2. The molecule has 1 aromatic heterocycles. The van der Waals surface area contributed by atoms with Crippen molar-refractivity contribution in [1.82, 2.24) is 5.27 Å². The number of nitrogens with one attached hydrogen (secondary N) is 1. The lowest BCUT2D eigenvalue weighted by atomic mass is 9.89. The van der Waals surface area contributed by atoms with Crippen LogP contribution in [-0.2, 0) is 10.4 Å². The van der Waals surface area contributed by atoms with Crippen molar-refractivity contribution < 1.29 is 29.0 Å². The van der Waals surface area contributed by atoms with Gasteiger partial charge >= 0.3 is 5.69 Å². The number of amides is 1. The van der Waals surface area contributed by atoms with E-state index < -0.39 is 35.4 Å². The lowest BCUT2D eigenvalue weighted by molar-refractivity contribution is -0.672. The van der Waals surface area contributed by atoms with Gasteiger partial charge in [-0.1, -0.05) is 35.9 Å². The predicted molar refractivity (Wildman–Crippen MR) is 90.4 cm³/mol. The Hall–Kier alpha value is -3.23. The molecular weight excluding hydrogens is 374 g/mol. The Kier molecular flexibility index (Phi) is 3.94. The number of para-hydroxylation sites is 1. The highest BCUT2D eigenvalue weighted by atomic mass is 35.5. The Bertz CT molecular complexity index is 1080. The minimum absolute atomic E-state index is 0.265. The summed E-state index contributed by atoms with van der Waals surface area (Å²) in [4.78, 5) is 25.1. The van der Waals surface area contributed by atoms with Crippen LogP contribution in [0.5, 0.6) is 5.95 Å². The standard InChI is InChI=1S/C18H12ClN3O5/c19-10-4-3-5-11(8-10)22-15(16(24)27-21-22)14(23)9-18(26)12-6-1-2-7-13(12)20-17(18)25/h1-8,26H,9H2,(H-,20,21,23,24,25). The van der Waals surface area contributed by atoms with Gasteiger partial charge in [0.1, 0.15) is 0 Å². The average Bonchev–Trinajstić information content (AvgIpc) is 3.14. The van der Waals surface area contributed by atoms with Crippen molar-refractivity contribution in [3.05, 3.63) is 64.8 Å². The Labute approximate surface area is 157 Å². The third kappa shape index (κ3) is 2.75. The topological polar surface area (TPSA) is 119 Å². The van der Waals surface area contributed by atoms with Crippen molar-refractivity contribution in [1.29, 1.82) is 0 Å². The number of benzene rings is 2. The Morgan fingerprint density at radius 3 is 2.85 bits per heavy atom. The second kappa shape index (κ2) is 6.19. The summed E-state index contributed by atoms with van der Waals surface area (Å²) in [5, 5.41) is 29.4. The maximum atomic E-state index is 12.8. The zero-order valence-corrected chi connectivity index (χ0v) is 14.4. The van der Waals surface area contributed by atoms with Gasteiger partial charge in [0.25, 0.3) is 5.91 Å². The highest BCUT2D eigenvalue weighted by molar-refractivity contribution is 6.30. The first-order chi connectivity index (χ1) is 12.9. The van der Waals surface area contributed by atoms with E-state index in [4.69, 9.17) is 11.6 Å². The number of carbonyl (C=O) groups excluding carboxylic acids is 2. The van der Waals surface area contributed by atoms with E-state index in [9.17, 15) is 19.8 Å². The first-order valence-electron chi connectivity index (χ1n) is 7.91. The molecule has 4 rings (SSSR count). The van der Waals surface area contributed by atoms with E-state index in [1.54, 1.807) is 36.4 Å². The maximum absolute atomic E-state index is 12.8. The van der Waals surface area contributed by atoms with Gasteiger partial charge in [-0.25, -0.2) is 0 Å². The normalized spacial score (nSPS) is 18.2. The molecule has 1 aliphatic rings. The number of rotatable bonds is 4. The minimum atomic E-state index is -2.09. The second-order valence-corrected chi connectivity index (χ2v) is 6.50. The monoisotopic (exact) mass is 385 g/mol. The van der Waals surface area contributed by atoms with Gasteiger partial charge in [0.15, 0.2) is 11.5 Å². The van der Waals surface area contributed by atoms with Gasteiger partial charge in [0.05, 0.1) is 11.7 Å². The van der Waals surface area contributed by atoms with Gasteiger partial charge in [0.2, 0.25) is 11.5 Å². The lowest BCUT2D eigenvalue weighted by Crippen LogP contribution is -2.42. The van der Waals surface area contributed by atoms with E-state index in [0.29, 0.717) is 16.4 Å². The van der Waals surface area contributed by atoms with Crippen LogP contribution in [0.3, 0.4) is 0 Å². The van der Waals surface area contributed by atoms with Crippen LogP contribution < -0.4 is 15.1 Å². The van der Waals surface area contributed by atoms with Crippen molar-refractivity contribution >= 4 is 29.0 Å². The molecule has 3 aromatic rings. The largest absolute Gasteiger partial charge is 0.539 e. The van der Waals surface area contributed by atoms with Gasteiger partial charge in [-0.2, -0.15) is 0 Å². The zero-order valence-electron chi connectivity index (χ0n) is 13.7. The van der Waals surface area contributed by atoms with Crippen LogP contribution in [0.4, 0.5) is 5.69 Å². The smallest absolute Gasteiger partial charge is 0.306 e. The summed E-state index contributed by atoms with van der Waals surface area (Å²) in [6.07, 6.45) is -0.646. The maximum Gasteiger partial charge on any atom is 0.306 e. The molecule has 2 N–H and O–H groups in total. The van der Waals surface area contributed by atoms with E-state index in [1.807, 2.05) is 0 Å². The first-order valence-corrected chi connectivity index (χ1v) is 8.29. The van der Waals surface area contributed by atoms with Crippen molar-refractivity contribution in [2.75, 3.05) is 5.32 Å². The Balaban J connectivity index is 1.73. The summed E-state index contributed by atoms with van der Waals surface area (Å²) in [5.41, 5.74) is -1.50. The quantitative estimate of drug-likeness (QED) is 0.512. The third-order valence-corrected chi connectivity index (χ3v) is 4.58. The number of anilines is 1. The molecule has 0 spiro atoms. The van der Waals surface area contributed by atoms with Crippen molar-refractivity contribution in [3.63, 3.8) is 0 Å². The molecule has 9 heteroatoms. The fourth-order valence-corrected chi connectivity index (χ4v) is 3.24. The Morgan fingerprint density at radius 1 is 1.30 bits per heavy atom. The molecular formula is C18H12ClN3O5. The van der Waals surface area contributed by atoms with Gasteiger partial charge in [0, 0.05) is 28.4 Å². The molecule has 0 fully saturated rings. The highest BCUT2D eigenvalue weighted by Crippen LogP contribution is 2.39. The highest BCUT2D eigenvalue weighted by Gasteiger charge is 2.48. The fourth-order valence-electron chi connectivity index (χ4n) is 3.06. The van der Waals surface area contributed by atoms with Crippen LogP contribution in [0.15, 0.2) is 53.1 Å². The van der Waals surface area contributed by atoms with Gasteiger partial charge in [-0.3, -0.25) is 9.59 Å². The summed E-state index contributed by atoms with van der Waals surface area (Å²) in [5.74, 6) is -2.51. The van der Waals surface area contributed by atoms with E-state index in [2.05, 4.69) is 15.1 Å². The number of aliphatic hydroxyl groups is 1. The molecule has 1 aliphatic heterocycles.